The van der Waals surface area contributed by atoms with E-state index < -0.39 is 17.5 Å². The first-order valence-corrected chi connectivity index (χ1v) is 8.34. The van der Waals surface area contributed by atoms with E-state index in [1.165, 1.54) is 22.9 Å². The van der Waals surface area contributed by atoms with Gasteiger partial charge in [-0.25, -0.2) is 13.8 Å². The molecule has 4 aromatic rings. The van der Waals surface area contributed by atoms with Gasteiger partial charge in [0.1, 0.15) is 17.5 Å². The average Bonchev–Trinajstić information content (AvgIpc) is 3.09. The van der Waals surface area contributed by atoms with Gasteiger partial charge >= 0.3 is 0 Å². The number of amides is 1. The number of H-pyrrole nitrogens is 1. The number of imidazole rings is 1. The predicted octanol–water partition coefficient (Wildman–Crippen LogP) is 3.46. The maximum atomic E-state index is 14.0. The Bertz CT molecular complexity index is 1280. The lowest BCUT2D eigenvalue weighted by molar-refractivity contribution is 0.102. The Hall–Kier alpha value is -3.81. The second-order valence-corrected chi connectivity index (χ2v) is 6.26. The Morgan fingerprint density at radius 2 is 1.93 bits per heavy atom. The molecule has 6 nitrogen and oxygen atoms in total. The standard InChI is InChI=1S/C20H14F2N4O2/c1-26-7-6-11(8-18(26)27)20(28)23-13-3-5-16-17(10-13)25-19(24-16)14-9-12(21)2-4-15(14)22/h2-10H,1H3,(H,23,28)(H,24,25). The summed E-state index contributed by atoms with van der Waals surface area (Å²) in [6.45, 7) is 0. The molecule has 0 aliphatic carbocycles. The second-order valence-electron chi connectivity index (χ2n) is 6.26. The second kappa shape index (κ2) is 6.73. The number of hydrogen-bond donors (Lipinski definition) is 2. The van der Waals surface area contributed by atoms with Crippen molar-refractivity contribution in [1.82, 2.24) is 14.5 Å². The molecule has 0 spiro atoms. The van der Waals surface area contributed by atoms with Gasteiger partial charge in [0, 0.05) is 30.6 Å². The number of hydrogen-bond acceptors (Lipinski definition) is 3. The number of carbonyl (C=O) groups excluding carboxylic acids is 1. The summed E-state index contributed by atoms with van der Waals surface area (Å²) in [6, 6.07) is 10.8. The summed E-state index contributed by atoms with van der Waals surface area (Å²) in [5, 5.41) is 2.70. The molecule has 4 rings (SSSR count). The largest absolute Gasteiger partial charge is 0.338 e. The van der Waals surface area contributed by atoms with E-state index in [9.17, 15) is 18.4 Å². The molecule has 0 saturated carbocycles. The molecule has 0 aliphatic rings. The smallest absolute Gasteiger partial charge is 0.255 e. The molecule has 2 aromatic heterocycles. The van der Waals surface area contributed by atoms with Gasteiger partial charge in [0.2, 0.25) is 0 Å². The predicted molar refractivity (Wildman–Crippen MR) is 101 cm³/mol. The lowest BCUT2D eigenvalue weighted by atomic mass is 10.2. The molecular weight excluding hydrogens is 366 g/mol. The van der Waals surface area contributed by atoms with Gasteiger partial charge in [-0.15, -0.1) is 0 Å². The molecule has 2 N–H and O–H groups in total. The van der Waals surface area contributed by atoms with Crippen molar-refractivity contribution in [3.05, 3.63) is 82.3 Å². The van der Waals surface area contributed by atoms with Crippen LogP contribution in [0.25, 0.3) is 22.4 Å². The molecule has 0 atom stereocenters. The van der Waals surface area contributed by atoms with E-state index in [0.717, 1.165) is 18.2 Å². The first-order valence-electron chi connectivity index (χ1n) is 8.34. The first-order chi connectivity index (χ1) is 13.4. The summed E-state index contributed by atoms with van der Waals surface area (Å²) in [4.78, 5) is 31.2. The Labute approximate surface area is 157 Å². The number of anilines is 1. The van der Waals surface area contributed by atoms with Crippen LogP contribution in [0.2, 0.25) is 0 Å². The van der Waals surface area contributed by atoms with Crippen molar-refractivity contribution in [2.45, 2.75) is 0 Å². The molecular formula is C20H14F2N4O2. The molecule has 2 aromatic carbocycles. The van der Waals surface area contributed by atoms with Gasteiger partial charge in [0.15, 0.2) is 0 Å². The number of aromatic amines is 1. The van der Waals surface area contributed by atoms with Crippen molar-refractivity contribution in [2.75, 3.05) is 5.32 Å². The van der Waals surface area contributed by atoms with Gasteiger partial charge in [0.25, 0.3) is 11.5 Å². The molecule has 140 valence electrons. The molecule has 1 amide bonds. The summed E-state index contributed by atoms with van der Waals surface area (Å²) in [6.07, 6.45) is 1.51. The van der Waals surface area contributed by atoms with Crippen molar-refractivity contribution < 1.29 is 13.6 Å². The monoisotopic (exact) mass is 380 g/mol. The minimum Gasteiger partial charge on any atom is -0.338 e. The fourth-order valence-electron chi connectivity index (χ4n) is 2.79. The summed E-state index contributed by atoms with van der Waals surface area (Å²) in [7, 11) is 1.59. The van der Waals surface area contributed by atoms with E-state index in [-0.39, 0.29) is 22.5 Å². The summed E-state index contributed by atoms with van der Waals surface area (Å²) >= 11 is 0. The molecule has 8 heteroatoms. The third-order valence-electron chi connectivity index (χ3n) is 4.29. The fraction of sp³-hybridized carbons (Fsp3) is 0.0500. The van der Waals surface area contributed by atoms with Crippen LogP contribution in [0.1, 0.15) is 10.4 Å². The van der Waals surface area contributed by atoms with Crippen molar-refractivity contribution in [1.29, 1.82) is 0 Å². The fourth-order valence-corrected chi connectivity index (χ4v) is 2.79. The lowest BCUT2D eigenvalue weighted by Gasteiger charge is -2.05. The Morgan fingerprint density at radius 3 is 2.71 bits per heavy atom. The van der Waals surface area contributed by atoms with Crippen molar-refractivity contribution in [3.8, 4) is 11.4 Å². The first kappa shape index (κ1) is 17.6. The molecule has 0 bridgehead atoms. The lowest BCUT2D eigenvalue weighted by Crippen LogP contribution is -2.19. The van der Waals surface area contributed by atoms with Crippen molar-refractivity contribution >= 4 is 22.6 Å². The molecule has 0 saturated heterocycles. The third kappa shape index (κ3) is 3.27. The van der Waals surface area contributed by atoms with Gasteiger partial charge in [-0.1, -0.05) is 0 Å². The maximum absolute atomic E-state index is 14.0. The Balaban J connectivity index is 1.64. The number of nitrogens with zero attached hydrogens (tertiary/aromatic N) is 2. The number of rotatable bonds is 3. The highest BCUT2D eigenvalue weighted by Crippen LogP contribution is 2.25. The van der Waals surface area contributed by atoms with Crippen molar-refractivity contribution in [3.63, 3.8) is 0 Å². The van der Waals surface area contributed by atoms with Crippen LogP contribution in [0.15, 0.2) is 59.5 Å². The normalized spacial score (nSPS) is 11.0. The molecule has 0 fully saturated rings. The SMILES string of the molecule is Cn1ccc(C(=O)Nc2ccc3nc(-c4cc(F)ccc4F)[nH]c3c2)cc1=O. The number of nitrogens with one attached hydrogen (secondary N) is 2. The van der Waals surface area contributed by atoms with E-state index >= 15 is 0 Å². The quantitative estimate of drug-likeness (QED) is 0.571. The van der Waals surface area contributed by atoms with Crippen LogP contribution < -0.4 is 10.9 Å². The number of aromatic nitrogens is 3. The van der Waals surface area contributed by atoms with Gasteiger partial charge in [-0.2, -0.15) is 0 Å². The number of halogens is 2. The number of aryl methyl sites for hydroxylation is 1. The van der Waals surface area contributed by atoms with E-state index in [0.29, 0.717) is 16.7 Å². The number of fused-ring (bicyclic) bond motifs is 1. The van der Waals surface area contributed by atoms with Gasteiger partial charge < -0.3 is 14.9 Å². The van der Waals surface area contributed by atoms with Gasteiger partial charge in [-0.05, 0) is 42.5 Å². The van der Waals surface area contributed by atoms with E-state index in [4.69, 9.17) is 0 Å². The molecule has 2 heterocycles. The van der Waals surface area contributed by atoms with Gasteiger partial charge in [0.05, 0.1) is 16.6 Å². The van der Waals surface area contributed by atoms with Crippen LogP contribution in [0.5, 0.6) is 0 Å². The van der Waals surface area contributed by atoms with Crippen LogP contribution >= 0.6 is 0 Å². The summed E-state index contributed by atoms with van der Waals surface area (Å²) in [5.41, 5.74) is 1.49. The number of carbonyl (C=O) groups is 1. The zero-order chi connectivity index (χ0) is 19.8. The molecule has 0 unspecified atom stereocenters. The minimum atomic E-state index is -0.598. The van der Waals surface area contributed by atoms with Crippen molar-refractivity contribution in [2.24, 2.45) is 7.05 Å². The average molecular weight is 380 g/mol. The van der Waals surface area contributed by atoms with Crippen LogP contribution in [0.4, 0.5) is 14.5 Å². The summed E-state index contributed by atoms with van der Waals surface area (Å²) in [5.74, 6) is -1.42. The topological polar surface area (TPSA) is 79.8 Å². The van der Waals surface area contributed by atoms with Crippen LogP contribution in [-0.2, 0) is 7.05 Å². The maximum Gasteiger partial charge on any atom is 0.255 e. The van der Waals surface area contributed by atoms with E-state index in [1.807, 2.05) is 0 Å². The van der Waals surface area contributed by atoms with E-state index in [1.54, 1.807) is 25.2 Å². The number of benzene rings is 2. The minimum absolute atomic E-state index is 0.0157. The molecule has 28 heavy (non-hydrogen) atoms. The zero-order valence-electron chi connectivity index (χ0n) is 14.7. The summed E-state index contributed by atoms with van der Waals surface area (Å²) < 4.78 is 28.8. The van der Waals surface area contributed by atoms with Crippen LogP contribution in [-0.4, -0.2) is 20.4 Å². The van der Waals surface area contributed by atoms with E-state index in [2.05, 4.69) is 15.3 Å². The zero-order valence-corrected chi connectivity index (χ0v) is 14.7. The highest BCUT2D eigenvalue weighted by molar-refractivity contribution is 6.04. The van der Waals surface area contributed by atoms with Crippen LogP contribution in [0.3, 0.4) is 0 Å². The Kier molecular flexibility index (Phi) is 4.23. The molecule has 0 radical (unpaired) electrons. The highest BCUT2D eigenvalue weighted by Gasteiger charge is 2.13. The molecule has 0 aliphatic heterocycles. The van der Waals surface area contributed by atoms with Crippen LogP contribution in [0, 0.1) is 11.6 Å². The highest BCUT2D eigenvalue weighted by atomic mass is 19.1. The Morgan fingerprint density at radius 1 is 1.11 bits per heavy atom. The van der Waals surface area contributed by atoms with Gasteiger partial charge in [-0.3, -0.25) is 9.59 Å². The third-order valence-corrected chi connectivity index (χ3v) is 4.29. The number of pyridine rings is 1.